The number of methoxy groups -OCH3 is 1. The predicted molar refractivity (Wildman–Crippen MR) is 102 cm³/mol. The number of carboxylic acids is 1. The van der Waals surface area contributed by atoms with Crippen LogP contribution in [-0.2, 0) is 16.1 Å². The molecule has 0 aliphatic rings. The monoisotopic (exact) mass is 360 g/mol. The number of aliphatic carboxylic acids is 1. The van der Waals surface area contributed by atoms with Crippen molar-refractivity contribution in [1.82, 2.24) is 9.88 Å². The van der Waals surface area contributed by atoms with Crippen molar-refractivity contribution >= 4 is 22.8 Å². The van der Waals surface area contributed by atoms with Gasteiger partial charge >= 0.3 is 5.97 Å². The summed E-state index contributed by atoms with van der Waals surface area (Å²) in [6.07, 6.45) is 0.377. The van der Waals surface area contributed by atoms with Crippen molar-refractivity contribution in [1.29, 1.82) is 0 Å². The van der Waals surface area contributed by atoms with Crippen molar-refractivity contribution in [3.63, 3.8) is 0 Å². The molecule has 0 saturated carbocycles. The van der Waals surface area contributed by atoms with Gasteiger partial charge in [-0.1, -0.05) is 0 Å². The quantitative estimate of drug-likeness (QED) is 0.758. The van der Waals surface area contributed by atoms with Gasteiger partial charge in [0.1, 0.15) is 0 Å². The Kier molecular flexibility index (Phi) is 6.08. The molecule has 2 rings (SSSR count). The number of fused-ring (bicyclic) bond motifs is 1. The van der Waals surface area contributed by atoms with Crippen LogP contribution in [0.3, 0.4) is 0 Å². The van der Waals surface area contributed by atoms with Crippen LogP contribution >= 0.6 is 0 Å². The Morgan fingerprint density at radius 1 is 1.27 bits per heavy atom. The minimum Gasteiger partial charge on any atom is -0.481 e. The number of hydrogen-bond acceptors (Lipinski definition) is 3. The average Bonchev–Trinajstić information content (AvgIpc) is 2.83. The molecule has 1 amide bonds. The van der Waals surface area contributed by atoms with Crippen LogP contribution in [0.2, 0.25) is 0 Å². The number of benzene rings is 1. The van der Waals surface area contributed by atoms with E-state index in [2.05, 4.69) is 23.7 Å². The molecule has 0 radical (unpaired) electrons. The third kappa shape index (κ3) is 4.07. The Balaban J connectivity index is 2.17. The fourth-order valence-electron chi connectivity index (χ4n) is 2.96. The largest absolute Gasteiger partial charge is 0.481 e. The summed E-state index contributed by atoms with van der Waals surface area (Å²) in [5, 5.41) is 13.0. The number of aryl methyl sites for hydroxylation is 1. The first-order valence-corrected chi connectivity index (χ1v) is 8.79. The molecule has 6 nitrogen and oxygen atoms in total. The van der Waals surface area contributed by atoms with E-state index >= 15 is 0 Å². The number of aromatic nitrogens is 1. The van der Waals surface area contributed by atoms with Gasteiger partial charge in [0.2, 0.25) is 0 Å². The van der Waals surface area contributed by atoms with Gasteiger partial charge in [0.15, 0.2) is 0 Å². The van der Waals surface area contributed by atoms with Crippen LogP contribution in [0.1, 0.15) is 41.9 Å². The van der Waals surface area contributed by atoms with Crippen LogP contribution in [0.4, 0.5) is 0 Å². The smallest absolute Gasteiger partial charge is 0.309 e. The topological polar surface area (TPSA) is 80.6 Å². The average molecular weight is 360 g/mol. The van der Waals surface area contributed by atoms with Crippen molar-refractivity contribution in [3.05, 3.63) is 35.0 Å². The summed E-state index contributed by atoms with van der Waals surface area (Å²) in [7, 11) is 1.68. The zero-order valence-corrected chi connectivity index (χ0v) is 16.2. The van der Waals surface area contributed by atoms with E-state index in [0.717, 1.165) is 28.7 Å². The fourth-order valence-corrected chi connectivity index (χ4v) is 2.96. The minimum absolute atomic E-state index is 0.185. The van der Waals surface area contributed by atoms with Gasteiger partial charge in [-0.3, -0.25) is 9.59 Å². The van der Waals surface area contributed by atoms with Crippen molar-refractivity contribution in [3.8, 4) is 0 Å². The normalized spacial score (nSPS) is 11.7. The van der Waals surface area contributed by atoms with Crippen LogP contribution in [-0.4, -0.2) is 41.8 Å². The van der Waals surface area contributed by atoms with Crippen molar-refractivity contribution in [2.45, 2.75) is 40.7 Å². The molecule has 0 atom stereocenters. The molecule has 0 aliphatic heterocycles. The van der Waals surface area contributed by atoms with Crippen LogP contribution in [0.25, 0.3) is 10.9 Å². The second-order valence-corrected chi connectivity index (χ2v) is 7.28. The Morgan fingerprint density at radius 3 is 2.58 bits per heavy atom. The number of carboxylic acid groups (broad SMARTS) is 1. The van der Waals surface area contributed by atoms with Gasteiger partial charge in [-0.2, -0.15) is 0 Å². The molecular weight excluding hydrogens is 332 g/mol. The molecule has 0 bridgehead atoms. The summed E-state index contributed by atoms with van der Waals surface area (Å²) in [5.74, 6) is -1.05. The Morgan fingerprint density at radius 2 is 1.96 bits per heavy atom. The summed E-state index contributed by atoms with van der Waals surface area (Å²) in [4.78, 5) is 23.6. The third-order valence-electron chi connectivity index (χ3n) is 5.03. The highest BCUT2D eigenvalue weighted by molar-refractivity contribution is 5.99. The van der Waals surface area contributed by atoms with Crippen molar-refractivity contribution in [2.75, 3.05) is 20.3 Å². The summed E-state index contributed by atoms with van der Waals surface area (Å²) in [6.45, 7) is 9.15. The maximum atomic E-state index is 12.4. The number of nitrogens with one attached hydrogen (secondary N) is 1. The lowest BCUT2D eigenvalue weighted by Gasteiger charge is -2.18. The van der Waals surface area contributed by atoms with E-state index in [1.54, 1.807) is 21.0 Å². The molecule has 2 aromatic rings. The van der Waals surface area contributed by atoms with E-state index in [1.165, 1.54) is 0 Å². The Labute approximate surface area is 154 Å². The first-order valence-electron chi connectivity index (χ1n) is 8.79. The lowest BCUT2D eigenvalue weighted by atomic mass is 9.90. The zero-order chi connectivity index (χ0) is 19.5. The summed E-state index contributed by atoms with van der Waals surface area (Å²) < 4.78 is 7.38. The minimum atomic E-state index is -0.864. The summed E-state index contributed by atoms with van der Waals surface area (Å²) in [6, 6.07) is 5.67. The summed E-state index contributed by atoms with van der Waals surface area (Å²) in [5.41, 5.74) is 3.12. The zero-order valence-electron chi connectivity index (χ0n) is 16.2. The molecule has 2 N–H and O–H groups in total. The maximum Gasteiger partial charge on any atom is 0.309 e. The standard InChI is InChI=1S/C20H28N2O4/c1-13-14(2)22(10-11-26-5)17-7-6-15(12-16(13)17)18(23)21-9-8-20(3,4)19(24)25/h6-7,12H,8-11H2,1-5H3,(H,21,23)(H,24,25). The molecular formula is C20H28N2O4. The molecule has 6 heteroatoms. The molecule has 1 heterocycles. The van der Waals surface area contributed by atoms with Crippen LogP contribution in [0, 0.1) is 19.3 Å². The molecule has 0 spiro atoms. The van der Waals surface area contributed by atoms with E-state index in [1.807, 2.05) is 18.2 Å². The number of nitrogens with zero attached hydrogens (tertiary/aromatic N) is 1. The Hall–Kier alpha value is -2.34. The number of hydrogen-bond donors (Lipinski definition) is 2. The molecule has 142 valence electrons. The first kappa shape index (κ1) is 20.0. The van der Waals surface area contributed by atoms with Gasteiger partial charge < -0.3 is 19.7 Å². The van der Waals surface area contributed by atoms with Crippen LogP contribution in [0.15, 0.2) is 18.2 Å². The van der Waals surface area contributed by atoms with E-state index in [-0.39, 0.29) is 5.91 Å². The maximum absolute atomic E-state index is 12.4. The molecule has 0 unspecified atom stereocenters. The highest BCUT2D eigenvalue weighted by Crippen LogP contribution is 2.26. The predicted octanol–water partition coefficient (Wildman–Crippen LogP) is 3.14. The van der Waals surface area contributed by atoms with Crippen LogP contribution < -0.4 is 5.32 Å². The van der Waals surface area contributed by atoms with Gasteiger partial charge in [-0.15, -0.1) is 0 Å². The fraction of sp³-hybridized carbons (Fsp3) is 0.500. The number of amides is 1. The number of rotatable bonds is 8. The van der Waals surface area contributed by atoms with Crippen molar-refractivity contribution in [2.24, 2.45) is 5.41 Å². The van der Waals surface area contributed by atoms with Crippen molar-refractivity contribution < 1.29 is 19.4 Å². The van der Waals surface area contributed by atoms with E-state index in [9.17, 15) is 9.59 Å². The van der Waals surface area contributed by atoms with E-state index in [4.69, 9.17) is 9.84 Å². The van der Waals surface area contributed by atoms with E-state index in [0.29, 0.717) is 25.1 Å². The first-order chi connectivity index (χ1) is 12.2. The molecule has 26 heavy (non-hydrogen) atoms. The number of carbonyl (C=O) groups is 2. The van der Waals surface area contributed by atoms with Gasteiger partial charge in [0.25, 0.3) is 5.91 Å². The van der Waals surface area contributed by atoms with Crippen LogP contribution in [0.5, 0.6) is 0 Å². The second-order valence-electron chi connectivity index (χ2n) is 7.28. The highest BCUT2D eigenvalue weighted by atomic mass is 16.5. The van der Waals surface area contributed by atoms with Gasteiger partial charge in [-0.25, -0.2) is 0 Å². The molecule has 1 aromatic heterocycles. The summed E-state index contributed by atoms with van der Waals surface area (Å²) >= 11 is 0. The molecule has 0 saturated heterocycles. The second kappa shape index (κ2) is 7.91. The van der Waals surface area contributed by atoms with Gasteiger partial charge in [0.05, 0.1) is 12.0 Å². The number of ether oxygens (including phenoxy) is 1. The molecule has 0 aliphatic carbocycles. The van der Waals surface area contributed by atoms with E-state index < -0.39 is 11.4 Å². The molecule has 0 fully saturated rings. The van der Waals surface area contributed by atoms with Gasteiger partial charge in [-0.05, 0) is 57.9 Å². The van der Waals surface area contributed by atoms with Gasteiger partial charge in [0, 0.05) is 42.4 Å². The third-order valence-corrected chi connectivity index (χ3v) is 5.03. The number of carbonyl (C=O) groups excluding carboxylic acids is 1. The SMILES string of the molecule is COCCn1c(C)c(C)c2cc(C(=O)NCCC(C)(C)C(=O)O)ccc21. The lowest BCUT2D eigenvalue weighted by molar-refractivity contribution is -0.147. The molecule has 1 aromatic carbocycles. The Bertz CT molecular complexity index is 821. The highest BCUT2D eigenvalue weighted by Gasteiger charge is 2.26. The lowest BCUT2D eigenvalue weighted by Crippen LogP contribution is -2.31.